The number of aliphatic hydroxyl groups is 1. The smallest absolute Gasteiger partial charge is 0.328 e. The van der Waals surface area contributed by atoms with E-state index in [9.17, 15) is 9.18 Å². The van der Waals surface area contributed by atoms with Crippen molar-refractivity contribution in [2.24, 2.45) is 5.92 Å². The zero-order valence-electron chi connectivity index (χ0n) is 11.8. The second-order valence-corrected chi connectivity index (χ2v) is 5.42. The van der Waals surface area contributed by atoms with Crippen LogP contribution in [0.25, 0.3) is 6.08 Å². The van der Waals surface area contributed by atoms with Crippen molar-refractivity contribution in [3.05, 3.63) is 41.2 Å². The van der Waals surface area contributed by atoms with E-state index in [2.05, 4.69) is 4.90 Å². The number of nitrogens with zero attached hydrogens (tertiary/aromatic N) is 1. The van der Waals surface area contributed by atoms with Crippen molar-refractivity contribution in [1.29, 1.82) is 0 Å². The maximum absolute atomic E-state index is 13.3. The first-order chi connectivity index (χ1) is 10.1. The first-order valence-electron chi connectivity index (χ1n) is 7.11. The molecule has 114 valence electrons. The molecule has 1 aliphatic heterocycles. The number of rotatable bonds is 6. The summed E-state index contributed by atoms with van der Waals surface area (Å²) in [6.45, 7) is 2.74. The lowest BCUT2D eigenvalue weighted by atomic mass is 10.1. The lowest BCUT2D eigenvalue weighted by Crippen LogP contribution is -2.21. The Hall–Kier alpha value is -1.72. The van der Waals surface area contributed by atoms with Crippen molar-refractivity contribution >= 4 is 12.0 Å². The number of hydrogen-bond acceptors (Lipinski definition) is 3. The number of halogens is 1. The summed E-state index contributed by atoms with van der Waals surface area (Å²) in [6.07, 6.45) is 4.33. The molecule has 4 nitrogen and oxygen atoms in total. The molecule has 0 aromatic heterocycles. The lowest BCUT2D eigenvalue weighted by molar-refractivity contribution is -0.131. The van der Waals surface area contributed by atoms with Gasteiger partial charge >= 0.3 is 5.97 Å². The van der Waals surface area contributed by atoms with Gasteiger partial charge in [0.25, 0.3) is 0 Å². The normalized spacial score (nSPS) is 19.4. The molecule has 0 radical (unpaired) electrons. The average molecular weight is 293 g/mol. The van der Waals surface area contributed by atoms with Gasteiger partial charge in [-0.3, -0.25) is 4.90 Å². The third-order valence-electron chi connectivity index (χ3n) is 3.81. The van der Waals surface area contributed by atoms with E-state index < -0.39 is 5.97 Å². The minimum absolute atomic E-state index is 0.210. The van der Waals surface area contributed by atoms with Crippen LogP contribution in [0.4, 0.5) is 4.39 Å². The zero-order chi connectivity index (χ0) is 15.2. The lowest BCUT2D eigenvalue weighted by Gasteiger charge is -2.17. The zero-order valence-corrected chi connectivity index (χ0v) is 11.8. The Bertz CT molecular complexity index is 530. The molecule has 0 spiro atoms. The van der Waals surface area contributed by atoms with Crippen LogP contribution in [-0.2, 0) is 11.3 Å². The monoisotopic (exact) mass is 293 g/mol. The topological polar surface area (TPSA) is 60.8 Å². The van der Waals surface area contributed by atoms with Crippen molar-refractivity contribution in [3.63, 3.8) is 0 Å². The van der Waals surface area contributed by atoms with E-state index in [0.29, 0.717) is 18.0 Å². The molecule has 1 atom stereocenters. The Morgan fingerprint density at radius 1 is 1.48 bits per heavy atom. The maximum Gasteiger partial charge on any atom is 0.328 e. The molecule has 1 aromatic rings. The van der Waals surface area contributed by atoms with Crippen molar-refractivity contribution in [1.82, 2.24) is 4.90 Å². The fourth-order valence-electron chi connectivity index (χ4n) is 2.74. The number of carboxylic acids is 1. The van der Waals surface area contributed by atoms with Crippen molar-refractivity contribution in [2.75, 3.05) is 19.7 Å². The predicted molar refractivity (Wildman–Crippen MR) is 78.2 cm³/mol. The molecule has 5 heteroatoms. The van der Waals surface area contributed by atoms with Crippen LogP contribution in [0.15, 0.2) is 24.3 Å². The molecule has 1 heterocycles. The molecule has 1 saturated heterocycles. The molecule has 1 unspecified atom stereocenters. The van der Waals surface area contributed by atoms with Gasteiger partial charge in [-0.25, -0.2) is 9.18 Å². The van der Waals surface area contributed by atoms with Crippen LogP contribution in [-0.4, -0.2) is 40.8 Å². The third kappa shape index (κ3) is 4.65. The molecular formula is C16H20FNO3. The summed E-state index contributed by atoms with van der Waals surface area (Å²) in [7, 11) is 0. The van der Waals surface area contributed by atoms with Gasteiger partial charge in [-0.05, 0) is 54.6 Å². The Kier molecular flexibility index (Phi) is 5.47. The minimum Gasteiger partial charge on any atom is -0.478 e. The van der Waals surface area contributed by atoms with Crippen molar-refractivity contribution < 1.29 is 19.4 Å². The van der Waals surface area contributed by atoms with Crippen LogP contribution in [0.1, 0.15) is 24.0 Å². The first kappa shape index (κ1) is 15.7. The number of carboxylic acid groups (broad SMARTS) is 1. The average Bonchev–Trinajstić information content (AvgIpc) is 2.87. The van der Waals surface area contributed by atoms with Gasteiger partial charge in [0.2, 0.25) is 0 Å². The highest BCUT2D eigenvalue weighted by Crippen LogP contribution is 2.23. The summed E-state index contributed by atoms with van der Waals surface area (Å²) in [5.74, 6) is -0.911. The summed E-state index contributed by atoms with van der Waals surface area (Å²) < 4.78 is 13.3. The molecule has 1 aliphatic rings. The van der Waals surface area contributed by atoms with Crippen molar-refractivity contribution in [3.8, 4) is 0 Å². The van der Waals surface area contributed by atoms with E-state index >= 15 is 0 Å². The molecule has 0 bridgehead atoms. The van der Waals surface area contributed by atoms with Gasteiger partial charge in [0, 0.05) is 25.8 Å². The quantitative estimate of drug-likeness (QED) is 0.789. The summed E-state index contributed by atoms with van der Waals surface area (Å²) >= 11 is 0. The van der Waals surface area contributed by atoms with Gasteiger partial charge < -0.3 is 10.2 Å². The second kappa shape index (κ2) is 7.33. The van der Waals surface area contributed by atoms with Crippen LogP contribution in [0, 0.1) is 11.7 Å². The van der Waals surface area contributed by atoms with Gasteiger partial charge in [0.1, 0.15) is 5.82 Å². The molecule has 2 rings (SSSR count). The van der Waals surface area contributed by atoms with Gasteiger partial charge in [-0.1, -0.05) is 6.07 Å². The third-order valence-corrected chi connectivity index (χ3v) is 3.81. The fourth-order valence-corrected chi connectivity index (χ4v) is 2.74. The number of hydrogen-bond donors (Lipinski definition) is 2. The Labute approximate surface area is 123 Å². The molecule has 2 N–H and O–H groups in total. The van der Waals surface area contributed by atoms with Crippen molar-refractivity contribution in [2.45, 2.75) is 19.4 Å². The SMILES string of the molecule is O=C(O)/C=C/c1cc(F)ccc1CN1CCC(CCO)C1. The number of benzene rings is 1. The Morgan fingerprint density at radius 2 is 2.29 bits per heavy atom. The van der Waals surface area contributed by atoms with Crippen LogP contribution in [0.3, 0.4) is 0 Å². The van der Waals surface area contributed by atoms with E-state index in [1.165, 1.54) is 18.2 Å². The van der Waals surface area contributed by atoms with E-state index in [1.807, 2.05) is 0 Å². The molecule has 0 saturated carbocycles. The minimum atomic E-state index is -1.05. The highest BCUT2D eigenvalue weighted by atomic mass is 19.1. The van der Waals surface area contributed by atoms with Gasteiger partial charge in [-0.15, -0.1) is 0 Å². The molecule has 1 fully saturated rings. The summed E-state index contributed by atoms with van der Waals surface area (Å²) in [5.41, 5.74) is 1.52. The Balaban J connectivity index is 2.07. The van der Waals surface area contributed by atoms with E-state index in [-0.39, 0.29) is 12.4 Å². The highest BCUT2D eigenvalue weighted by Gasteiger charge is 2.22. The molecular weight excluding hydrogens is 273 g/mol. The summed E-state index contributed by atoms with van der Waals surface area (Å²) in [6, 6.07) is 4.46. The standard InChI is InChI=1S/C16H20FNO3/c17-15-3-1-14(13(9-15)2-4-16(20)21)11-18-7-5-12(10-18)6-8-19/h1-4,9,12,19H,5-8,10-11H2,(H,20,21)/b4-2+. The van der Waals surface area contributed by atoms with E-state index in [4.69, 9.17) is 10.2 Å². The number of aliphatic carboxylic acids is 1. The van der Waals surface area contributed by atoms with E-state index in [1.54, 1.807) is 6.07 Å². The number of likely N-dealkylation sites (tertiary alicyclic amines) is 1. The second-order valence-electron chi connectivity index (χ2n) is 5.42. The van der Waals surface area contributed by atoms with Crippen LogP contribution >= 0.6 is 0 Å². The Morgan fingerprint density at radius 3 is 3.00 bits per heavy atom. The molecule has 0 amide bonds. The summed E-state index contributed by atoms with van der Waals surface area (Å²) in [4.78, 5) is 12.9. The first-order valence-corrected chi connectivity index (χ1v) is 7.11. The predicted octanol–water partition coefficient (Wildman–Crippen LogP) is 2.13. The van der Waals surface area contributed by atoms with Crippen LogP contribution < -0.4 is 0 Å². The molecule has 0 aliphatic carbocycles. The van der Waals surface area contributed by atoms with Crippen LogP contribution in [0.5, 0.6) is 0 Å². The van der Waals surface area contributed by atoms with Gasteiger partial charge in [0.05, 0.1) is 0 Å². The molecule has 21 heavy (non-hydrogen) atoms. The molecule has 1 aromatic carbocycles. The number of carbonyl (C=O) groups is 1. The van der Waals surface area contributed by atoms with Gasteiger partial charge in [-0.2, -0.15) is 0 Å². The highest BCUT2D eigenvalue weighted by molar-refractivity contribution is 5.85. The van der Waals surface area contributed by atoms with E-state index in [0.717, 1.165) is 37.6 Å². The largest absolute Gasteiger partial charge is 0.478 e. The fraction of sp³-hybridized carbons (Fsp3) is 0.438. The van der Waals surface area contributed by atoms with Crippen LogP contribution in [0.2, 0.25) is 0 Å². The number of aliphatic hydroxyl groups excluding tert-OH is 1. The van der Waals surface area contributed by atoms with Gasteiger partial charge in [0.15, 0.2) is 0 Å². The summed E-state index contributed by atoms with van der Waals surface area (Å²) in [5, 5.41) is 17.7. The maximum atomic E-state index is 13.3.